The number of methoxy groups -OCH3 is 1. The standard InChI is InChI=1S/C15H15ClFNO2/c1-9(10-3-5-13(17)15(7-10)20-2)18-11-4-6-14(19)12(16)8-11/h3-9,18-19H,1-2H3. The van der Waals surface area contributed by atoms with Gasteiger partial charge in [0.05, 0.1) is 12.1 Å². The first-order valence-electron chi connectivity index (χ1n) is 6.09. The van der Waals surface area contributed by atoms with E-state index < -0.39 is 5.82 Å². The maximum atomic E-state index is 13.4. The van der Waals surface area contributed by atoms with Gasteiger partial charge in [-0.05, 0) is 42.8 Å². The Labute approximate surface area is 122 Å². The Morgan fingerprint density at radius 1 is 1.25 bits per heavy atom. The van der Waals surface area contributed by atoms with E-state index in [0.29, 0.717) is 0 Å². The van der Waals surface area contributed by atoms with Crippen molar-refractivity contribution >= 4 is 17.3 Å². The van der Waals surface area contributed by atoms with Crippen LogP contribution < -0.4 is 10.1 Å². The van der Waals surface area contributed by atoms with E-state index in [1.54, 1.807) is 24.3 Å². The third kappa shape index (κ3) is 3.14. The number of aromatic hydroxyl groups is 1. The number of phenolic OH excluding ortho intramolecular Hbond substituents is 1. The fraction of sp³-hybridized carbons (Fsp3) is 0.200. The number of hydrogen-bond donors (Lipinski definition) is 2. The number of halogens is 2. The summed E-state index contributed by atoms with van der Waals surface area (Å²) in [5.74, 6) is -0.149. The highest BCUT2D eigenvalue weighted by atomic mass is 35.5. The molecule has 0 aliphatic carbocycles. The Morgan fingerprint density at radius 2 is 2.00 bits per heavy atom. The van der Waals surface area contributed by atoms with Crippen LogP contribution in [0, 0.1) is 5.82 Å². The molecule has 0 saturated carbocycles. The SMILES string of the molecule is COc1cc(C(C)Nc2ccc(O)c(Cl)c2)ccc1F. The van der Waals surface area contributed by atoms with Gasteiger partial charge in [0.1, 0.15) is 5.75 Å². The molecular weight excluding hydrogens is 281 g/mol. The van der Waals surface area contributed by atoms with Crippen molar-refractivity contribution in [2.24, 2.45) is 0 Å². The second kappa shape index (κ2) is 6.01. The predicted octanol–water partition coefficient (Wildman–Crippen LogP) is 4.37. The number of benzene rings is 2. The molecule has 2 rings (SSSR count). The topological polar surface area (TPSA) is 41.5 Å². The van der Waals surface area contributed by atoms with E-state index in [-0.39, 0.29) is 22.6 Å². The quantitative estimate of drug-likeness (QED) is 0.823. The molecule has 0 aliphatic heterocycles. The van der Waals surface area contributed by atoms with Crippen LogP contribution in [0.5, 0.6) is 11.5 Å². The van der Waals surface area contributed by atoms with E-state index in [0.717, 1.165) is 11.3 Å². The van der Waals surface area contributed by atoms with Crippen molar-refractivity contribution in [2.75, 3.05) is 12.4 Å². The van der Waals surface area contributed by atoms with Gasteiger partial charge in [-0.3, -0.25) is 0 Å². The fourth-order valence-corrected chi connectivity index (χ4v) is 2.06. The van der Waals surface area contributed by atoms with Crippen molar-refractivity contribution in [1.82, 2.24) is 0 Å². The lowest BCUT2D eigenvalue weighted by Gasteiger charge is -2.17. The van der Waals surface area contributed by atoms with E-state index in [4.69, 9.17) is 16.3 Å². The molecule has 5 heteroatoms. The van der Waals surface area contributed by atoms with E-state index in [9.17, 15) is 9.50 Å². The molecule has 0 heterocycles. The van der Waals surface area contributed by atoms with Crippen molar-refractivity contribution in [3.05, 3.63) is 52.8 Å². The maximum Gasteiger partial charge on any atom is 0.165 e. The molecule has 2 aromatic rings. The maximum absolute atomic E-state index is 13.4. The molecule has 1 unspecified atom stereocenters. The van der Waals surface area contributed by atoms with E-state index in [2.05, 4.69) is 5.32 Å². The smallest absolute Gasteiger partial charge is 0.165 e. The summed E-state index contributed by atoms with van der Waals surface area (Å²) in [5.41, 5.74) is 1.65. The zero-order valence-electron chi connectivity index (χ0n) is 11.2. The van der Waals surface area contributed by atoms with Crippen molar-refractivity contribution < 1.29 is 14.2 Å². The molecule has 0 aromatic heterocycles. The summed E-state index contributed by atoms with van der Waals surface area (Å²) in [6.07, 6.45) is 0. The lowest BCUT2D eigenvalue weighted by atomic mass is 10.1. The first-order valence-corrected chi connectivity index (χ1v) is 6.47. The zero-order valence-corrected chi connectivity index (χ0v) is 11.9. The van der Waals surface area contributed by atoms with Gasteiger partial charge in [-0.1, -0.05) is 17.7 Å². The third-order valence-corrected chi connectivity index (χ3v) is 3.31. The van der Waals surface area contributed by atoms with Crippen molar-refractivity contribution in [3.8, 4) is 11.5 Å². The van der Waals surface area contributed by atoms with Crippen molar-refractivity contribution in [1.29, 1.82) is 0 Å². The predicted molar refractivity (Wildman–Crippen MR) is 78.1 cm³/mol. The summed E-state index contributed by atoms with van der Waals surface area (Å²) < 4.78 is 18.3. The van der Waals surface area contributed by atoms with Gasteiger partial charge in [0, 0.05) is 11.7 Å². The van der Waals surface area contributed by atoms with Crippen LogP contribution in [0.1, 0.15) is 18.5 Å². The van der Waals surface area contributed by atoms with Crippen LogP contribution in [0.3, 0.4) is 0 Å². The summed E-state index contributed by atoms with van der Waals surface area (Å²) >= 11 is 5.85. The lowest BCUT2D eigenvalue weighted by molar-refractivity contribution is 0.385. The van der Waals surface area contributed by atoms with E-state index >= 15 is 0 Å². The Morgan fingerprint density at radius 3 is 2.65 bits per heavy atom. The van der Waals surface area contributed by atoms with Crippen LogP contribution >= 0.6 is 11.6 Å². The van der Waals surface area contributed by atoms with Crippen LogP contribution in [-0.2, 0) is 0 Å². The van der Waals surface area contributed by atoms with Gasteiger partial charge in [0.15, 0.2) is 11.6 Å². The van der Waals surface area contributed by atoms with Gasteiger partial charge in [-0.25, -0.2) is 4.39 Å². The second-order valence-corrected chi connectivity index (χ2v) is 4.83. The molecule has 1 atom stereocenters. The Balaban J connectivity index is 2.19. The second-order valence-electron chi connectivity index (χ2n) is 4.43. The Bertz CT molecular complexity index is 619. The summed E-state index contributed by atoms with van der Waals surface area (Å²) in [5, 5.41) is 12.9. The molecule has 2 N–H and O–H groups in total. The summed E-state index contributed by atoms with van der Waals surface area (Å²) in [6.45, 7) is 1.94. The molecule has 0 saturated heterocycles. The van der Waals surface area contributed by atoms with Gasteiger partial charge < -0.3 is 15.2 Å². The number of rotatable bonds is 4. The lowest BCUT2D eigenvalue weighted by Crippen LogP contribution is -2.07. The van der Waals surface area contributed by atoms with Crippen LogP contribution in [0.25, 0.3) is 0 Å². The van der Waals surface area contributed by atoms with Crippen molar-refractivity contribution in [2.45, 2.75) is 13.0 Å². The minimum absolute atomic E-state index is 0.0355. The minimum Gasteiger partial charge on any atom is -0.506 e. The first-order chi connectivity index (χ1) is 9.51. The molecule has 0 radical (unpaired) electrons. The number of phenols is 1. The number of nitrogens with one attached hydrogen (secondary N) is 1. The third-order valence-electron chi connectivity index (χ3n) is 3.01. The molecule has 2 aromatic carbocycles. The van der Waals surface area contributed by atoms with Gasteiger partial charge >= 0.3 is 0 Å². The van der Waals surface area contributed by atoms with Gasteiger partial charge in [-0.15, -0.1) is 0 Å². The highest BCUT2D eigenvalue weighted by Gasteiger charge is 2.10. The normalized spacial score (nSPS) is 12.0. The molecule has 0 spiro atoms. The van der Waals surface area contributed by atoms with Crippen LogP contribution in [0.15, 0.2) is 36.4 Å². The molecule has 0 amide bonds. The molecule has 3 nitrogen and oxygen atoms in total. The molecule has 0 bridgehead atoms. The number of anilines is 1. The largest absolute Gasteiger partial charge is 0.506 e. The number of hydrogen-bond acceptors (Lipinski definition) is 3. The zero-order chi connectivity index (χ0) is 14.7. The monoisotopic (exact) mass is 295 g/mol. The first kappa shape index (κ1) is 14.5. The molecular formula is C15H15ClFNO2. The minimum atomic E-state index is -0.392. The van der Waals surface area contributed by atoms with Gasteiger partial charge in [0.2, 0.25) is 0 Å². The molecule has 0 aliphatic rings. The highest BCUT2D eigenvalue weighted by Crippen LogP contribution is 2.29. The highest BCUT2D eigenvalue weighted by molar-refractivity contribution is 6.32. The van der Waals surface area contributed by atoms with Crippen molar-refractivity contribution in [3.63, 3.8) is 0 Å². The molecule has 0 fully saturated rings. The van der Waals surface area contributed by atoms with Gasteiger partial charge in [0.25, 0.3) is 0 Å². The summed E-state index contributed by atoms with van der Waals surface area (Å²) in [6, 6.07) is 9.52. The molecule has 106 valence electrons. The summed E-state index contributed by atoms with van der Waals surface area (Å²) in [4.78, 5) is 0. The summed E-state index contributed by atoms with van der Waals surface area (Å²) in [7, 11) is 1.43. The van der Waals surface area contributed by atoms with Crippen LogP contribution in [0.2, 0.25) is 5.02 Å². The average molecular weight is 296 g/mol. The van der Waals surface area contributed by atoms with Crippen LogP contribution in [0.4, 0.5) is 10.1 Å². The fourth-order valence-electron chi connectivity index (χ4n) is 1.88. The molecule has 20 heavy (non-hydrogen) atoms. The van der Waals surface area contributed by atoms with Gasteiger partial charge in [-0.2, -0.15) is 0 Å². The van der Waals surface area contributed by atoms with E-state index in [1.165, 1.54) is 19.2 Å². The Hall–Kier alpha value is -1.94. The number of ether oxygens (including phenoxy) is 1. The average Bonchev–Trinajstić information content (AvgIpc) is 2.43. The van der Waals surface area contributed by atoms with E-state index in [1.807, 2.05) is 6.92 Å². The van der Waals surface area contributed by atoms with Crippen LogP contribution in [-0.4, -0.2) is 12.2 Å². The Kier molecular flexibility index (Phi) is 4.35.